The molecule has 0 atom stereocenters. The number of para-hydroxylation sites is 2. The van der Waals surface area contributed by atoms with Gasteiger partial charge in [-0.3, -0.25) is 9.52 Å². The highest BCUT2D eigenvalue weighted by atomic mass is 32.2. The minimum absolute atomic E-state index is 0.0110. The second-order valence-corrected chi connectivity index (χ2v) is 11.2. The number of benzene rings is 2. The van der Waals surface area contributed by atoms with Gasteiger partial charge >= 0.3 is 5.97 Å². The molecule has 0 unspecified atom stereocenters. The lowest BCUT2D eigenvalue weighted by Gasteiger charge is -2.34. The Labute approximate surface area is 197 Å². The first-order valence-electron chi connectivity index (χ1n) is 11.3. The molecule has 1 fully saturated rings. The number of piperidine rings is 1. The van der Waals surface area contributed by atoms with Gasteiger partial charge in [-0.2, -0.15) is 0 Å². The van der Waals surface area contributed by atoms with Gasteiger partial charge in [0.25, 0.3) is 10.0 Å². The highest BCUT2D eigenvalue weighted by Crippen LogP contribution is 2.32. The van der Waals surface area contributed by atoms with Crippen molar-refractivity contribution < 1.29 is 22.7 Å². The molecule has 1 N–H and O–H groups in total. The molecule has 7 nitrogen and oxygen atoms in total. The molecule has 0 aliphatic carbocycles. The van der Waals surface area contributed by atoms with Crippen LogP contribution in [0.2, 0.25) is 0 Å². The van der Waals surface area contributed by atoms with Crippen LogP contribution in [0.3, 0.4) is 0 Å². The number of ether oxygens (including phenoxy) is 2. The Morgan fingerprint density at radius 1 is 1.03 bits per heavy atom. The first kappa shape index (κ1) is 24.9. The van der Waals surface area contributed by atoms with E-state index in [4.69, 9.17) is 9.47 Å². The Hall–Kier alpha value is -2.74. The number of nitrogens with zero attached hydrogens (tertiary/aromatic N) is 1. The zero-order valence-corrected chi connectivity index (χ0v) is 20.8. The monoisotopic (exact) mass is 474 g/mol. The largest absolute Gasteiger partial charge is 0.491 e. The molecule has 2 aromatic rings. The van der Waals surface area contributed by atoms with E-state index in [-0.39, 0.29) is 22.9 Å². The van der Waals surface area contributed by atoms with Gasteiger partial charge < -0.3 is 14.4 Å². The Morgan fingerprint density at radius 3 is 2.21 bits per heavy atom. The van der Waals surface area contributed by atoms with Crippen LogP contribution in [0.25, 0.3) is 0 Å². The molecular formula is C25H34N2O5S. The second kappa shape index (κ2) is 10.0. The lowest BCUT2D eigenvalue weighted by Crippen LogP contribution is -2.39. The van der Waals surface area contributed by atoms with Crippen molar-refractivity contribution in [1.82, 2.24) is 0 Å². The molecule has 33 heavy (non-hydrogen) atoms. The van der Waals surface area contributed by atoms with E-state index in [0.29, 0.717) is 37.4 Å². The van der Waals surface area contributed by atoms with Crippen LogP contribution < -0.4 is 14.4 Å². The number of nitrogens with one attached hydrogen (secondary N) is 1. The van der Waals surface area contributed by atoms with Crippen LogP contribution in [0.15, 0.2) is 53.4 Å². The highest BCUT2D eigenvalue weighted by Gasteiger charge is 2.30. The van der Waals surface area contributed by atoms with Crippen molar-refractivity contribution in [3.8, 4) is 5.75 Å². The van der Waals surface area contributed by atoms with Crippen LogP contribution in [-0.2, 0) is 19.6 Å². The van der Waals surface area contributed by atoms with E-state index in [1.807, 2.05) is 46.8 Å². The molecule has 0 bridgehead atoms. The summed E-state index contributed by atoms with van der Waals surface area (Å²) in [5.41, 5.74) is 0.803. The van der Waals surface area contributed by atoms with Crippen molar-refractivity contribution in [3.63, 3.8) is 0 Å². The molecular weight excluding hydrogens is 440 g/mol. The van der Waals surface area contributed by atoms with E-state index < -0.39 is 15.6 Å². The SMILES string of the molecule is CC(C)Oc1ccc(S(=O)(=O)Nc2ccccc2N2CCC(C(=O)OC(C)(C)C)CC2)cc1. The van der Waals surface area contributed by atoms with Gasteiger partial charge in [-0.1, -0.05) is 12.1 Å². The zero-order chi connectivity index (χ0) is 24.2. The van der Waals surface area contributed by atoms with Crippen molar-refractivity contribution in [2.45, 2.75) is 64.1 Å². The predicted molar refractivity (Wildman–Crippen MR) is 130 cm³/mol. The molecule has 0 amide bonds. The maximum Gasteiger partial charge on any atom is 0.309 e. The van der Waals surface area contributed by atoms with Crippen molar-refractivity contribution in [3.05, 3.63) is 48.5 Å². The van der Waals surface area contributed by atoms with Crippen molar-refractivity contribution in [2.75, 3.05) is 22.7 Å². The number of hydrogen-bond donors (Lipinski definition) is 1. The molecule has 0 radical (unpaired) electrons. The molecule has 0 saturated carbocycles. The van der Waals surface area contributed by atoms with Gasteiger partial charge in [0.2, 0.25) is 0 Å². The van der Waals surface area contributed by atoms with Gasteiger partial charge in [0, 0.05) is 13.1 Å². The van der Waals surface area contributed by atoms with Gasteiger partial charge in [-0.15, -0.1) is 0 Å². The van der Waals surface area contributed by atoms with Crippen LogP contribution in [0, 0.1) is 5.92 Å². The maximum atomic E-state index is 13.0. The predicted octanol–water partition coefficient (Wildman–Crippen LogP) is 4.83. The summed E-state index contributed by atoms with van der Waals surface area (Å²) < 4.78 is 39.9. The first-order valence-corrected chi connectivity index (χ1v) is 12.8. The highest BCUT2D eigenvalue weighted by molar-refractivity contribution is 7.92. The average molecular weight is 475 g/mol. The van der Waals surface area contributed by atoms with Crippen LogP contribution in [-0.4, -0.2) is 39.2 Å². The minimum Gasteiger partial charge on any atom is -0.491 e. The van der Waals surface area contributed by atoms with Crippen LogP contribution in [0.5, 0.6) is 5.75 Å². The first-order chi connectivity index (χ1) is 15.4. The molecule has 0 aromatic heterocycles. The fraction of sp³-hybridized carbons (Fsp3) is 0.480. The molecule has 1 heterocycles. The fourth-order valence-corrected chi connectivity index (χ4v) is 4.82. The third kappa shape index (κ3) is 6.87. The Balaban J connectivity index is 1.70. The molecule has 1 aliphatic rings. The van der Waals surface area contributed by atoms with E-state index >= 15 is 0 Å². The average Bonchev–Trinajstić information content (AvgIpc) is 2.73. The summed E-state index contributed by atoms with van der Waals surface area (Å²) in [7, 11) is -3.77. The number of esters is 1. The third-order valence-electron chi connectivity index (χ3n) is 5.23. The summed E-state index contributed by atoms with van der Waals surface area (Å²) in [6.45, 7) is 10.7. The van der Waals surface area contributed by atoms with Gasteiger partial charge in [-0.25, -0.2) is 8.42 Å². The number of hydrogen-bond acceptors (Lipinski definition) is 6. The summed E-state index contributed by atoms with van der Waals surface area (Å²) in [5.74, 6) is 0.314. The molecule has 1 aliphatic heterocycles. The van der Waals surface area contributed by atoms with Gasteiger partial charge in [0.05, 0.1) is 28.3 Å². The number of rotatable bonds is 7. The lowest BCUT2D eigenvalue weighted by atomic mass is 9.96. The second-order valence-electron chi connectivity index (χ2n) is 9.56. The molecule has 8 heteroatoms. The molecule has 180 valence electrons. The number of sulfonamides is 1. The normalized spacial score (nSPS) is 15.4. The zero-order valence-electron chi connectivity index (χ0n) is 20.0. The summed E-state index contributed by atoms with van der Waals surface area (Å²) >= 11 is 0. The smallest absolute Gasteiger partial charge is 0.309 e. The Bertz CT molecular complexity index is 1050. The molecule has 2 aromatic carbocycles. The van der Waals surface area contributed by atoms with E-state index in [1.54, 1.807) is 24.3 Å². The van der Waals surface area contributed by atoms with E-state index in [0.717, 1.165) is 5.69 Å². The Morgan fingerprint density at radius 2 is 1.64 bits per heavy atom. The van der Waals surface area contributed by atoms with Crippen LogP contribution >= 0.6 is 0 Å². The molecule has 3 rings (SSSR count). The minimum atomic E-state index is -3.77. The summed E-state index contributed by atoms with van der Waals surface area (Å²) in [4.78, 5) is 14.7. The van der Waals surface area contributed by atoms with Gasteiger partial charge in [0.15, 0.2) is 0 Å². The molecule has 1 saturated heterocycles. The van der Waals surface area contributed by atoms with Crippen LogP contribution in [0.1, 0.15) is 47.5 Å². The number of anilines is 2. The maximum absolute atomic E-state index is 13.0. The topological polar surface area (TPSA) is 84.9 Å². The summed E-state index contributed by atoms with van der Waals surface area (Å²) in [5, 5.41) is 0. The van der Waals surface area contributed by atoms with Gasteiger partial charge in [-0.05, 0) is 83.9 Å². The lowest BCUT2D eigenvalue weighted by molar-refractivity contribution is -0.160. The van der Waals surface area contributed by atoms with Gasteiger partial charge in [0.1, 0.15) is 11.4 Å². The number of carbonyl (C=O) groups excluding carboxylic acids is 1. The van der Waals surface area contributed by atoms with Crippen molar-refractivity contribution in [2.24, 2.45) is 5.92 Å². The quantitative estimate of drug-likeness (QED) is 0.579. The fourth-order valence-electron chi connectivity index (χ4n) is 3.75. The summed E-state index contributed by atoms with van der Waals surface area (Å²) in [6.07, 6.45) is 1.33. The van der Waals surface area contributed by atoms with Crippen molar-refractivity contribution >= 4 is 27.4 Å². The Kier molecular flexibility index (Phi) is 7.57. The standard InChI is InChI=1S/C25H34N2O5S/c1-18(2)31-20-10-12-21(13-11-20)33(29,30)26-22-8-6-7-9-23(22)27-16-14-19(15-17-27)24(28)32-25(3,4)5/h6-13,18-19,26H,14-17H2,1-5H3. The third-order valence-corrected chi connectivity index (χ3v) is 6.61. The van der Waals surface area contributed by atoms with Crippen molar-refractivity contribution in [1.29, 1.82) is 0 Å². The van der Waals surface area contributed by atoms with E-state index in [1.165, 1.54) is 12.1 Å². The molecule has 0 spiro atoms. The number of carbonyl (C=O) groups is 1. The van der Waals surface area contributed by atoms with E-state index in [9.17, 15) is 13.2 Å². The van der Waals surface area contributed by atoms with E-state index in [2.05, 4.69) is 9.62 Å². The van der Waals surface area contributed by atoms with Crippen LogP contribution in [0.4, 0.5) is 11.4 Å². The summed E-state index contributed by atoms with van der Waals surface area (Å²) in [6, 6.07) is 13.7.